The van der Waals surface area contributed by atoms with Crippen LogP contribution in [0, 0.1) is 0 Å². The number of phosphoric ester groups is 1. The number of carbonyl (C=O) groups is 11. The van der Waals surface area contributed by atoms with Gasteiger partial charge in [-0.3, -0.25) is 38.6 Å². The molecule has 3 atom stereocenters. The van der Waals surface area contributed by atoms with Gasteiger partial charge in [-0.05, 0) is 0 Å². The Hall–Kier alpha value is 8.02. The van der Waals surface area contributed by atoms with E-state index in [0.717, 1.165) is 0 Å². The van der Waals surface area contributed by atoms with Crippen LogP contribution in [0.5, 0.6) is 0 Å². The Balaban J connectivity index is -0.0000000777. The number of hydrogen-bond acceptors (Lipinski definition) is 18. The summed E-state index contributed by atoms with van der Waals surface area (Å²) in [6.07, 6.45) is -15.6. The second-order valence-corrected chi connectivity index (χ2v) is 10.8. The summed E-state index contributed by atoms with van der Waals surface area (Å²) in [5.41, 5.74) is -9.63. The second-order valence-electron chi connectivity index (χ2n) is 9.65. The van der Waals surface area contributed by atoms with Crippen molar-refractivity contribution in [1.29, 1.82) is 0 Å². The van der Waals surface area contributed by atoms with Crippen molar-refractivity contribution in [3.8, 4) is 0 Å². The molecule has 0 aliphatic carbocycles. The molecule has 0 amide bonds. The fourth-order valence-electron chi connectivity index (χ4n) is 3.27. The third kappa shape index (κ3) is 43.0. The first kappa shape index (κ1) is 98.2. The molecular formula is C22H37K6Na4O28P. The molecule has 0 aliphatic rings. The summed E-state index contributed by atoms with van der Waals surface area (Å²) in [6.45, 7) is 0. The molecule has 308 valence electrons. The molecule has 0 heterocycles. The molecule has 39 heteroatoms. The summed E-state index contributed by atoms with van der Waals surface area (Å²) in [5, 5.41) is 99.2. The Morgan fingerprint density at radius 1 is 0.443 bits per heavy atom. The number of aliphatic carboxylic acids is 8. The van der Waals surface area contributed by atoms with E-state index < -0.39 is 141 Å². The Kier molecular flexibility index (Phi) is 76.8. The molecular weight excluding hydrogens is 1070 g/mol. The zero-order valence-electron chi connectivity index (χ0n) is 24.8. The van der Waals surface area contributed by atoms with Crippen LogP contribution in [0.4, 0.5) is 0 Å². The summed E-state index contributed by atoms with van der Waals surface area (Å²) in [5.74, 6) is -22.5. The first-order chi connectivity index (χ1) is 22.8. The number of carboxylic acids is 8. The quantitative estimate of drug-likeness (QED) is 0.0288. The van der Waals surface area contributed by atoms with Gasteiger partial charge < -0.3 is 70.2 Å². The Labute approximate surface area is 686 Å². The standard InChI is InChI=1S/C16H18O18.C6H9O10P.6K.4Na.10H/c17-5(18)1-15(13(29)30,2-6(19)20)33-11(27)9(25)10(26)12(28)34-16(14(31)32,3-7(21)22)4-8(23)24;7-3(8)1-6(12,5(10)11)2-4(9)16-17(13,14)15;;;;;;;;;;;;;;;;;;;;/h9-10,25-26H,1-4H2,(H,17,18)(H,19,20)(H,21,22)(H,23,24)(H,29,30)(H,31,32);12H,1-2H2,(H,7,8)(H,10,11)(H2,13,14,15);;;;;;;;;;;;;;;;;;;;. The third-order valence-electron chi connectivity index (χ3n) is 5.40. The topological polar surface area (TPSA) is 496 Å². The van der Waals surface area contributed by atoms with E-state index in [1.807, 2.05) is 0 Å². The van der Waals surface area contributed by atoms with Crippen LogP contribution in [0.3, 0.4) is 0 Å². The summed E-state index contributed by atoms with van der Waals surface area (Å²) < 4.78 is 22.2. The van der Waals surface area contributed by atoms with Crippen molar-refractivity contribution in [2.75, 3.05) is 0 Å². The third-order valence-corrected chi connectivity index (χ3v) is 5.84. The van der Waals surface area contributed by atoms with Gasteiger partial charge in [-0.2, -0.15) is 0 Å². The van der Waals surface area contributed by atoms with Gasteiger partial charge in [0.2, 0.25) is 11.2 Å². The zero-order valence-corrected chi connectivity index (χ0v) is 25.7. The average molecular weight is 1110 g/mol. The van der Waals surface area contributed by atoms with E-state index in [1.165, 1.54) is 0 Å². The van der Waals surface area contributed by atoms with Crippen molar-refractivity contribution in [3.63, 3.8) is 0 Å². The van der Waals surface area contributed by atoms with Gasteiger partial charge in [0, 0.05) is 0 Å². The molecule has 0 aliphatic heterocycles. The minimum atomic E-state index is -5.17. The molecule has 0 bridgehead atoms. The van der Waals surface area contributed by atoms with Crippen molar-refractivity contribution in [3.05, 3.63) is 0 Å². The molecule has 0 saturated heterocycles. The van der Waals surface area contributed by atoms with Crippen molar-refractivity contribution < 1.29 is 137 Å². The van der Waals surface area contributed by atoms with Crippen LogP contribution in [0.15, 0.2) is 0 Å². The minimum absolute atomic E-state index is 0. The van der Waals surface area contributed by atoms with E-state index in [1.54, 1.807) is 0 Å². The number of aliphatic hydroxyl groups excluding tert-OH is 2. The van der Waals surface area contributed by atoms with Gasteiger partial charge in [-0.1, -0.05) is 0 Å². The SMILES string of the molecule is O=C(O)CC(CC(=O)O)(OC(=O)C(O)C(O)C(=O)OC(CC(=O)O)(CC(=O)O)C(=O)O)C(=O)O.O=C(O)CC(O)(CC(=O)OP(=O)(O)O)C(=O)O.[KH].[KH].[KH].[KH].[KH].[KH].[NaH].[NaH].[NaH].[NaH]. The number of esters is 2. The average Bonchev–Trinajstić information content (AvgIpc) is 2.88. The van der Waals surface area contributed by atoms with E-state index in [-0.39, 0.29) is 427 Å². The summed E-state index contributed by atoms with van der Waals surface area (Å²) in [7, 11) is -5.17. The van der Waals surface area contributed by atoms with Crippen molar-refractivity contribution in [2.45, 2.75) is 67.5 Å². The number of ether oxygens (including phenoxy) is 2. The molecule has 0 aromatic rings. The first-order valence-electron chi connectivity index (χ1n) is 12.5. The number of carboxylic acid groups (broad SMARTS) is 8. The van der Waals surface area contributed by atoms with Gasteiger partial charge >= 0.3 is 500 Å². The van der Waals surface area contributed by atoms with Gasteiger partial charge in [0.25, 0.3) is 0 Å². The summed E-state index contributed by atoms with van der Waals surface area (Å²) >= 11 is 0. The summed E-state index contributed by atoms with van der Waals surface area (Å²) in [6, 6.07) is 0. The predicted octanol–water partition coefficient (Wildman–Crippen LogP) is -11.8. The van der Waals surface area contributed by atoms with Crippen LogP contribution in [0.1, 0.15) is 38.5 Å². The maximum atomic E-state index is 12.0. The summed E-state index contributed by atoms with van der Waals surface area (Å²) in [4.78, 5) is 139. The van der Waals surface area contributed by atoms with E-state index in [2.05, 4.69) is 14.0 Å². The van der Waals surface area contributed by atoms with Crippen LogP contribution in [0.25, 0.3) is 0 Å². The number of carbonyl (C=O) groups excluding carboxylic acids is 3. The number of phosphoric acid groups is 1. The van der Waals surface area contributed by atoms with Crippen LogP contribution >= 0.6 is 7.82 Å². The molecule has 0 aromatic carbocycles. The van der Waals surface area contributed by atoms with E-state index in [9.17, 15) is 72.6 Å². The van der Waals surface area contributed by atoms with Gasteiger partial charge in [0.1, 0.15) is 0 Å². The molecule has 0 saturated carbocycles. The first-order valence-corrected chi connectivity index (χ1v) is 14.0. The van der Waals surface area contributed by atoms with Gasteiger partial charge in [-0.15, -0.1) is 0 Å². The number of hydrogen-bond donors (Lipinski definition) is 13. The van der Waals surface area contributed by atoms with E-state index >= 15 is 0 Å². The zero-order chi connectivity index (χ0) is 40.9. The maximum absolute atomic E-state index is 12.0. The number of rotatable bonds is 21. The van der Waals surface area contributed by atoms with Crippen molar-refractivity contribution in [1.82, 2.24) is 0 Å². The fourth-order valence-corrected chi connectivity index (χ4v) is 3.60. The van der Waals surface area contributed by atoms with Crippen molar-refractivity contribution >= 4 is 500 Å². The van der Waals surface area contributed by atoms with Gasteiger partial charge in [-0.25, -0.2) is 28.5 Å². The van der Waals surface area contributed by atoms with E-state index in [0.29, 0.717) is 0 Å². The van der Waals surface area contributed by atoms with Crippen LogP contribution < -0.4 is 0 Å². The van der Waals surface area contributed by atoms with Gasteiger partial charge in [0.05, 0.1) is 38.5 Å². The molecule has 0 radical (unpaired) electrons. The molecule has 0 fully saturated rings. The molecule has 0 rings (SSSR count). The predicted molar refractivity (Wildman–Crippen MR) is 213 cm³/mol. The monoisotopic (exact) mass is 1110 g/mol. The van der Waals surface area contributed by atoms with Gasteiger partial charge in [0.15, 0.2) is 17.8 Å². The molecule has 0 spiro atoms. The van der Waals surface area contributed by atoms with Crippen LogP contribution in [-0.4, -0.2) is 587 Å². The second kappa shape index (κ2) is 47.7. The normalized spacial score (nSPS) is 11.4. The van der Waals surface area contributed by atoms with Crippen molar-refractivity contribution in [2.24, 2.45) is 0 Å². The Morgan fingerprint density at radius 3 is 0.836 bits per heavy atom. The molecule has 3 unspecified atom stereocenters. The fraction of sp³-hybridized carbons (Fsp3) is 0.500. The Bertz CT molecular complexity index is 1420. The molecule has 0 aromatic heterocycles. The molecule has 61 heavy (non-hydrogen) atoms. The molecule has 28 nitrogen and oxygen atoms in total. The number of aliphatic hydroxyl groups is 3. The Morgan fingerprint density at radius 2 is 0.672 bits per heavy atom. The van der Waals surface area contributed by atoms with Crippen LogP contribution in [0.2, 0.25) is 0 Å². The molecule has 13 N–H and O–H groups in total. The van der Waals surface area contributed by atoms with E-state index in [4.69, 9.17) is 50.6 Å². The van der Waals surface area contributed by atoms with Crippen LogP contribution in [-0.2, 0) is 71.3 Å².